The Kier molecular flexibility index (Phi) is 2.96. The van der Waals surface area contributed by atoms with Crippen LogP contribution in [0.1, 0.15) is 30.9 Å². The van der Waals surface area contributed by atoms with E-state index in [4.69, 9.17) is 5.73 Å². The van der Waals surface area contributed by atoms with Gasteiger partial charge in [0.2, 0.25) is 0 Å². The van der Waals surface area contributed by atoms with Crippen LogP contribution in [0.3, 0.4) is 0 Å². The number of nitrogen functional groups attached to an aromatic ring is 1. The van der Waals surface area contributed by atoms with Crippen LogP contribution < -0.4 is 5.73 Å². The molecule has 1 aliphatic heterocycles. The molecule has 19 heavy (non-hydrogen) atoms. The molecular formula is C15H16N4. The zero-order valence-electron chi connectivity index (χ0n) is 10.7. The second-order valence-corrected chi connectivity index (χ2v) is 4.98. The molecule has 0 spiro atoms. The summed E-state index contributed by atoms with van der Waals surface area (Å²) in [6.45, 7) is 0.859. The lowest BCUT2D eigenvalue weighted by atomic mass is 9.94. The summed E-state index contributed by atoms with van der Waals surface area (Å²) in [6, 6.07) is 8.39. The Labute approximate surface area is 112 Å². The zero-order valence-corrected chi connectivity index (χ0v) is 10.7. The third kappa shape index (κ3) is 2.08. The predicted octanol–water partition coefficient (Wildman–Crippen LogP) is 2.83. The highest BCUT2D eigenvalue weighted by Crippen LogP contribution is 2.32. The molecule has 2 aromatic rings. The fourth-order valence-electron chi connectivity index (χ4n) is 2.82. The van der Waals surface area contributed by atoms with Crippen LogP contribution in [0.5, 0.6) is 0 Å². The molecule has 0 radical (unpaired) electrons. The number of benzene rings is 1. The minimum Gasteiger partial charge on any atom is -0.383 e. The maximum Gasteiger partial charge on any atom is 0.179 e. The van der Waals surface area contributed by atoms with Crippen LogP contribution >= 0.6 is 0 Å². The number of piperidine rings is 1. The smallest absolute Gasteiger partial charge is 0.179 e. The molecule has 96 valence electrons. The summed E-state index contributed by atoms with van der Waals surface area (Å²) in [5.74, 6) is 0.560. The molecule has 1 fully saturated rings. The van der Waals surface area contributed by atoms with Gasteiger partial charge in [0.05, 0.1) is 6.04 Å². The van der Waals surface area contributed by atoms with E-state index in [2.05, 4.69) is 23.3 Å². The highest BCUT2D eigenvalue weighted by atomic mass is 15.2. The number of nitrogens with zero attached hydrogens (tertiary/aromatic N) is 3. The van der Waals surface area contributed by atoms with Gasteiger partial charge in [-0.05, 0) is 42.3 Å². The van der Waals surface area contributed by atoms with Crippen LogP contribution in [-0.4, -0.2) is 16.4 Å². The van der Waals surface area contributed by atoms with Gasteiger partial charge in [-0.1, -0.05) is 12.1 Å². The fourth-order valence-corrected chi connectivity index (χ4v) is 2.82. The van der Waals surface area contributed by atoms with E-state index < -0.39 is 0 Å². The highest BCUT2D eigenvalue weighted by molar-refractivity contribution is 5.91. The van der Waals surface area contributed by atoms with Gasteiger partial charge >= 0.3 is 0 Å². The van der Waals surface area contributed by atoms with Crippen LogP contribution in [0, 0.1) is 11.5 Å². The van der Waals surface area contributed by atoms with Crippen LogP contribution in [0.2, 0.25) is 0 Å². The van der Waals surface area contributed by atoms with E-state index in [1.165, 1.54) is 12.0 Å². The molecule has 0 bridgehead atoms. The number of hydrogen-bond donors (Lipinski definition) is 1. The molecule has 1 saturated heterocycles. The summed E-state index contributed by atoms with van der Waals surface area (Å²) in [7, 11) is 0. The number of likely N-dealkylation sites (tertiary alicyclic amines) is 1. The number of nitriles is 1. The standard InChI is InChI=1S/C15H16N4/c16-10-19-8-2-1-3-14(19)12-4-5-13-11(9-12)6-7-18-15(13)17/h4-7,9,14H,1-3,8H2,(H2,17,18). The Bertz CT molecular complexity index is 644. The summed E-state index contributed by atoms with van der Waals surface area (Å²) in [5, 5.41) is 11.3. The lowest BCUT2D eigenvalue weighted by Gasteiger charge is -2.31. The monoisotopic (exact) mass is 252 g/mol. The fraction of sp³-hybridized carbons (Fsp3) is 0.333. The average molecular weight is 252 g/mol. The molecule has 1 aliphatic rings. The summed E-state index contributed by atoms with van der Waals surface area (Å²) in [4.78, 5) is 5.98. The van der Waals surface area contributed by atoms with E-state index in [0.29, 0.717) is 5.82 Å². The van der Waals surface area contributed by atoms with Crippen molar-refractivity contribution in [3.63, 3.8) is 0 Å². The molecule has 2 N–H and O–H groups in total. The van der Waals surface area contributed by atoms with E-state index in [9.17, 15) is 5.26 Å². The maximum absolute atomic E-state index is 9.23. The first-order valence-electron chi connectivity index (χ1n) is 6.60. The van der Waals surface area contributed by atoms with Gasteiger partial charge in [0, 0.05) is 18.1 Å². The zero-order chi connectivity index (χ0) is 13.2. The largest absolute Gasteiger partial charge is 0.383 e. The molecule has 0 aliphatic carbocycles. The molecule has 3 rings (SSSR count). The molecule has 4 heteroatoms. The van der Waals surface area contributed by atoms with Gasteiger partial charge in [0.1, 0.15) is 5.82 Å². The van der Waals surface area contributed by atoms with E-state index in [0.717, 1.165) is 30.2 Å². The number of fused-ring (bicyclic) bond motifs is 1. The number of nitrogens with two attached hydrogens (primary N) is 1. The second kappa shape index (κ2) is 4.77. The summed E-state index contributed by atoms with van der Waals surface area (Å²) in [6.07, 6.45) is 7.36. The Hall–Kier alpha value is -2.28. The molecule has 0 saturated carbocycles. The first-order chi connectivity index (χ1) is 9.29. The van der Waals surface area contributed by atoms with Crippen molar-refractivity contribution in [2.45, 2.75) is 25.3 Å². The van der Waals surface area contributed by atoms with Gasteiger partial charge in [-0.25, -0.2) is 4.98 Å². The van der Waals surface area contributed by atoms with Gasteiger partial charge in [0.15, 0.2) is 6.19 Å². The summed E-state index contributed by atoms with van der Waals surface area (Å²) >= 11 is 0. The molecule has 1 aromatic heterocycles. The van der Waals surface area contributed by atoms with Gasteiger partial charge < -0.3 is 10.6 Å². The van der Waals surface area contributed by atoms with Gasteiger partial charge in [-0.15, -0.1) is 0 Å². The molecule has 2 heterocycles. The highest BCUT2D eigenvalue weighted by Gasteiger charge is 2.23. The molecule has 1 aromatic carbocycles. The van der Waals surface area contributed by atoms with Crippen molar-refractivity contribution in [3.05, 3.63) is 36.0 Å². The third-order valence-corrected chi connectivity index (χ3v) is 3.84. The number of hydrogen-bond acceptors (Lipinski definition) is 4. The second-order valence-electron chi connectivity index (χ2n) is 4.98. The number of rotatable bonds is 1. The summed E-state index contributed by atoms with van der Waals surface area (Å²) < 4.78 is 0. The van der Waals surface area contributed by atoms with Crippen molar-refractivity contribution >= 4 is 16.6 Å². The predicted molar refractivity (Wildman–Crippen MR) is 75.1 cm³/mol. The molecule has 4 nitrogen and oxygen atoms in total. The van der Waals surface area contributed by atoms with E-state index in [1.54, 1.807) is 6.20 Å². The van der Waals surface area contributed by atoms with Crippen molar-refractivity contribution in [2.24, 2.45) is 0 Å². The Morgan fingerprint density at radius 2 is 2.21 bits per heavy atom. The van der Waals surface area contributed by atoms with E-state index in [-0.39, 0.29) is 6.04 Å². The first-order valence-corrected chi connectivity index (χ1v) is 6.60. The number of pyridine rings is 1. The quantitative estimate of drug-likeness (QED) is 0.792. The minimum absolute atomic E-state index is 0.206. The average Bonchev–Trinajstić information content (AvgIpc) is 2.47. The topological polar surface area (TPSA) is 65.9 Å². The van der Waals surface area contributed by atoms with Crippen LogP contribution in [0.25, 0.3) is 10.8 Å². The number of aromatic nitrogens is 1. The molecule has 0 amide bonds. The lowest BCUT2D eigenvalue weighted by Crippen LogP contribution is -2.29. The van der Waals surface area contributed by atoms with E-state index >= 15 is 0 Å². The number of anilines is 1. The lowest BCUT2D eigenvalue weighted by molar-refractivity contribution is 0.227. The van der Waals surface area contributed by atoms with Crippen molar-refractivity contribution in [3.8, 4) is 6.19 Å². The first kappa shape index (κ1) is 11.8. The maximum atomic E-state index is 9.23. The van der Waals surface area contributed by atoms with E-state index in [1.807, 2.05) is 17.0 Å². The molecular weight excluding hydrogens is 236 g/mol. The van der Waals surface area contributed by atoms with Crippen molar-refractivity contribution in [1.82, 2.24) is 9.88 Å². The SMILES string of the molecule is N#CN1CCCCC1c1ccc2c(N)nccc2c1. The Morgan fingerprint density at radius 1 is 1.32 bits per heavy atom. The minimum atomic E-state index is 0.206. The molecule has 1 unspecified atom stereocenters. The van der Waals surface area contributed by atoms with Gasteiger partial charge in [-0.2, -0.15) is 5.26 Å². The van der Waals surface area contributed by atoms with Gasteiger partial charge in [0.25, 0.3) is 0 Å². The van der Waals surface area contributed by atoms with Crippen LogP contribution in [-0.2, 0) is 0 Å². The summed E-state index contributed by atoms with van der Waals surface area (Å²) in [5.41, 5.74) is 7.06. The molecule has 1 atom stereocenters. The van der Waals surface area contributed by atoms with Gasteiger partial charge in [-0.3, -0.25) is 0 Å². The Balaban J connectivity index is 2.03. The van der Waals surface area contributed by atoms with Crippen molar-refractivity contribution in [2.75, 3.05) is 12.3 Å². The van der Waals surface area contributed by atoms with Crippen molar-refractivity contribution < 1.29 is 0 Å². The Morgan fingerprint density at radius 3 is 3.05 bits per heavy atom. The van der Waals surface area contributed by atoms with Crippen LogP contribution in [0.4, 0.5) is 5.82 Å². The normalized spacial score (nSPS) is 19.3. The third-order valence-electron chi connectivity index (χ3n) is 3.84. The van der Waals surface area contributed by atoms with Crippen molar-refractivity contribution in [1.29, 1.82) is 5.26 Å². The van der Waals surface area contributed by atoms with Crippen LogP contribution in [0.15, 0.2) is 30.5 Å².